The molecule has 0 bridgehead atoms. The molecule has 0 saturated heterocycles. The van der Waals surface area contributed by atoms with Gasteiger partial charge in [-0.15, -0.1) is 11.8 Å². The molecule has 1 aromatic carbocycles. The number of amides is 1. The molecule has 1 amide bonds. The van der Waals surface area contributed by atoms with Gasteiger partial charge in [0, 0.05) is 23.6 Å². The SMILES string of the molecule is C[C@@H]1CC(=O)Nc2cc(S(=O)(=O)N(C)Cc3ccco3)ccc2S1. The van der Waals surface area contributed by atoms with Crippen LogP contribution in [0.1, 0.15) is 19.1 Å². The molecule has 1 N–H and O–H groups in total. The lowest BCUT2D eigenvalue weighted by atomic mass is 10.3. The summed E-state index contributed by atoms with van der Waals surface area (Å²) in [5, 5.41) is 2.94. The molecule has 24 heavy (non-hydrogen) atoms. The number of carbonyl (C=O) groups excluding carboxylic acids is 1. The highest BCUT2D eigenvalue weighted by Crippen LogP contribution is 2.36. The highest BCUT2D eigenvalue weighted by Gasteiger charge is 2.25. The molecule has 2 aromatic rings. The van der Waals surface area contributed by atoms with E-state index in [1.165, 1.54) is 23.7 Å². The van der Waals surface area contributed by atoms with Crippen molar-refractivity contribution in [2.45, 2.75) is 34.9 Å². The Balaban J connectivity index is 1.90. The fraction of sp³-hybridized carbons (Fsp3) is 0.312. The molecule has 0 radical (unpaired) electrons. The van der Waals surface area contributed by atoms with Crippen molar-refractivity contribution in [3.8, 4) is 0 Å². The molecule has 1 aromatic heterocycles. The van der Waals surface area contributed by atoms with Gasteiger partial charge in [-0.2, -0.15) is 4.31 Å². The number of thioether (sulfide) groups is 1. The second-order valence-corrected chi connectivity index (χ2v) is 9.20. The van der Waals surface area contributed by atoms with Crippen molar-refractivity contribution in [2.24, 2.45) is 0 Å². The minimum absolute atomic E-state index is 0.104. The van der Waals surface area contributed by atoms with Gasteiger partial charge in [0.2, 0.25) is 15.9 Å². The molecule has 0 saturated carbocycles. The van der Waals surface area contributed by atoms with Crippen LogP contribution in [0.4, 0.5) is 5.69 Å². The molecule has 128 valence electrons. The third-order valence-electron chi connectivity index (χ3n) is 3.69. The van der Waals surface area contributed by atoms with Gasteiger partial charge in [-0.1, -0.05) is 6.92 Å². The summed E-state index contributed by atoms with van der Waals surface area (Å²) in [6.07, 6.45) is 1.91. The van der Waals surface area contributed by atoms with Crippen LogP contribution in [0.25, 0.3) is 0 Å². The van der Waals surface area contributed by atoms with Gasteiger partial charge in [-0.05, 0) is 30.3 Å². The summed E-state index contributed by atoms with van der Waals surface area (Å²) >= 11 is 1.56. The van der Waals surface area contributed by atoms with Gasteiger partial charge < -0.3 is 9.73 Å². The number of anilines is 1. The lowest BCUT2D eigenvalue weighted by Gasteiger charge is -2.17. The maximum Gasteiger partial charge on any atom is 0.243 e. The summed E-state index contributed by atoms with van der Waals surface area (Å²) in [5.74, 6) is 0.459. The third-order valence-corrected chi connectivity index (χ3v) is 6.67. The molecule has 1 aliphatic rings. The fourth-order valence-electron chi connectivity index (χ4n) is 2.48. The summed E-state index contributed by atoms with van der Waals surface area (Å²) in [4.78, 5) is 12.9. The summed E-state index contributed by atoms with van der Waals surface area (Å²) in [5.41, 5.74) is 0.543. The van der Waals surface area contributed by atoms with Gasteiger partial charge >= 0.3 is 0 Å². The quantitative estimate of drug-likeness (QED) is 0.900. The lowest BCUT2D eigenvalue weighted by Crippen LogP contribution is -2.26. The molecule has 0 spiro atoms. The predicted octanol–water partition coefficient (Wildman–Crippen LogP) is 2.92. The van der Waals surface area contributed by atoms with Crippen LogP contribution >= 0.6 is 11.8 Å². The third kappa shape index (κ3) is 3.50. The minimum Gasteiger partial charge on any atom is -0.468 e. The van der Waals surface area contributed by atoms with Gasteiger partial charge in [-0.25, -0.2) is 8.42 Å². The van der Waals surface area contributed by atoms with Crippen LogP contribution in [0.15, 0.2) is 50.8 Å². The molecule has 8 heteroatoms. The largest absolute Gasteiger partial charge is 0.468 e. The average molecular weight is 366 g/mol. The first-order chi connectivity index (χ1) is 11.4. The Morgan fingerprint density at radius 1 is 1.38 bits per heavy atom. The van der Waals surface area contributed by atoms with Crippen molar-refractivity contribution >= 4 is 33.4 Å². The Morgan fingerprint density at radius 2 is 2.17 bits per heavy atom. The molecule has 3 rings (SSSR count). The van der Waals surface area contributed by atoms with Crippen molar-refractivity contribution in [1.29, 1.82) is 0 Å². The Hall–Kier alpha value is -1.77. The van der Waals surface area contributed by atoms with E-state index in [0.717, 1.165) is 4.90 Å². The van der Waals surface area contributed by atoms with Gasteiger partial charge in [0.05, 0.1) is 23.4 Å². The monoisotopic (exact) mass is 366 g/mol. The van der Waals surface area contributed by atoms with Crippen LogP contribution < -0.4 is 5.32 Å². The van der Waals surface area contributed by atoms with Crippen LogP contribution in [0, 0.1) is 0 Å². The van der Waals surface area contributed by atoms with Gasteiger partial charge in [-0.3, -0.25) is 4.79 Å². The van der Waals surface area contributed by atoms with E-state index in [9.17, 15) is 13.2 Å². The van der Waals surface area contributed by atoms with Crippen LogP contribution in [-0.4, -0.2) is 30.9 Å². The second kappa shape index (κ2) is 6.62. The van der Waals surface area contributed by atoms with E-state index in [0.29, 0.717) is 17.9 Å². The zero-order valence-electron chi connectivity index (χ0n) is 13.4. The van der Waals surface area contributed by atoms with E-state index in [4.69, 9.17) is 4.42 Å². The van der Waals surface area contributed by atoms with Crippen LogP contribution in [0.3, 0.4) is 0 Å². The van der Waals surface area contributed by atoms with Crippen LogP contribution in [-0.2, 0) is 21.4 Å². The van der Waals surface area contributed by atoms with Crippen LogP contribution in [0.5, 0.6) is 0 Å². The topological polar surface area (TPSA) is 79.6 Å². The Labute approximate surface area is 145 Å². The Kier molecular flexibility index (Phi) is 4.71. The zero-order valence-corrected chi connectivity index (χ0v) is 15.0. The van der Waals surface area contributed by atoms with Crippen molar-refractivity contribution in [3.63, 3.8) is 0 Å². The molecular weight excluding hydrogens is 348 g/mol. The summed E-state index contributed by atoms with van der Waals surface area (Å²) in [7, 11) is -2.18. The van der Waals surface area contributed by atoms with E-state index in [1.807, 2.05) is 6.92 Å². The molecule has 1 aliphatic heterocycles. The summed E-state index contributed by atoms with van der Waals surface area (Å²) in [6.45, 7) is 2.12. The normalized spacial score (nSPS) is 18.1. The van der Waals surface area contributed by atoms with Crippen molar-refractivity contribution in [3.05, 3.63) is 42.4 Å². The number of rotatable bonds is 4. The number of hydrogen-bond acceptors (Lipinski definition) is 5. The average Bonchev–Trinajstić information content (AvgIpc) is 2.96. The first-order valence-electron chi connectivity index (χ1n) is 7.45. The standard InChI is InChI=1S/C16H18N2O4S2/c1-11-8-16(19)17-14-9-13(5-6-15(14)23-11)24(20,21)18(2)10-12-4-3-7-22-12/h3-7,9,11H,8,10H2,1-2H3,(H,17,19)/t11-/m1/s1. The number of fused-ring (bicyclic) bond motifs is 1. The number of nitrogens with zero attached hydrogens (tertiary/aromatic N) is 1. The number of nitrogens with one attached hydrogen (secondary N) is 1. The lowest BCUT2D eigenvalue weighted by molar-refractivity contribution is -0.116. The number of furan rings is 1. The molecule has 6 nitrogen and oxygen atoms in total. The predicted molar refractivity (Wildman–Crippen MR) is 92.4 cm³/mol. The van der Waals surface area contributed by atoms with Crippen molar-refractivity contribution < 1.29 is 17.6 Å². The minimum atomic E-state index is -3.68. The molecular formula is C16H18N2O4S2. The summed E-state index contributed by atoms with van der Waals surface area (Å²) in [6, 6.07) is 8.28. The van der Waals surface area contributed by atoms with Crippen molar-refractivity contribution in [1.82, 2.24) is 4.31 Å². The zero-order chi connectivity index (χ0) is 17.3. The van der Waals surface area contributed by atoms with Crippen molar-refractivity contribution in [2.75, 3.05) is 12.4 Å². The molecule has 0 aliphatic carbocycles. The van der Waals surface area contributed by atoms with Gasteiger partial charge in [0.1, 0.15) is 5.76 Å². The number of hydrogen-bond donors (Lipinski definition) is 1. The number of carbonyl (C=O) groups is 1. The first kappa shape index (κ1) is 17.1. The highest BCUT2D eigenvalue weighted by atomic mass is 32.2. The molecule has 0 fully saturated rings. The van der Waals surface area contributed by atoms with Gasteiger partial charge in [0.25, 0.3) is 0 Å². The van der Waals surface area contributed by atoms with E-state index >= 15 is 0 Å². The number of benzene rings is 1. The maximum atomic E-state index is 12.7. The Morgan fingerprint density at radius 3 is 2.88 bits per heavy atom. The summed E-state index contributed by atoms with van der Waals surface area (Å²) < 4.78 is 31.9. The van der Waals surface area contributed by atoms with E-state index in [-0.39, 0.29) is 22.6 Å². The van der Waals surface area contributed by atoms with E-state index in [2.05, 4.69) is 5.32 Å². The first-order valence-corrected chi connectivity index (χ1v) is 9.77. The fourth-order valence-corrected chi connectivity index (χ4v) is 4.69. The van der Waals surface area contributed by atoms with E-state index in [1.54, 1.807) is 36.0 Å². The molecule has 2 heterocycles. The highest BCUT2D eigenvalue weighted by molar-refractivity contribution is 8.00. The maximum absolute atomic E-state index is 12.7. The van der Waals surface area contributed by atoms with E-state index < -0.39 is 10.0 Å². The second-order valence-electron chi connectivity index (χ2n) is 5.68. The molecule has 1 atom stereocenters. The smallest absolute Gasteiger partial charge is 0.243 e. The number of sulfonamides is 1. The molecule has 0 unspecified atom stereocenters. The van der Waals surface area contributed by atoms with Crippen LogP contribution in [0.2, 0.25) is 0 Å². The van der Waals surface area contributed by atoms with Gasteiger partial charge in [0.15, 0.2) is 0 Å². The Bertz CT molecular complexity index is 847.